The minimum atomic E-state index is -1.03. The fourth-order valence-electron chi connectivity index (χ4n) is 5.24. The number of nitro groups is 1. The predicted molar refractivity (Wildman–Crippen MR) is 157 cm³/mol. The Bertz CT molecular complexity index is 1910. The summed E-state index contributed by atoms with van der Waals surface area (Å²) in [6.07, 6.45) is 8.07. The molecule has 0 amide bonds. The summed E-state index contributed by atoms with van der Waals surface area (Å²) < 4.78 is 28.3. The summed E-state index contributed by atoms with van der Waals surface area (Å²) >= 11 is 0. The largest absolute Gasteiger partial charge is 0.494 e. The molecule has 220 valence electrons. The van der Waals surface area contributed by atoms with Crippen molar-refractivity contribution in [1.82, 2.24) is 24.3 Å². The average molecular weight is 586 g/mol. The zero-order valence-electron chi connectivity index (χ0n) is 23.9. The van der Waals surface area contributed by atoms with Gasteiger partial charge in [-0.25, -0.2) is 14.8 Å². The van der Waals surface area contributed by atoms with Crippen LogP contribution in [0, 0.1) is 15.9 Å². The van der Waals surface area contributed by atoms with E-state index in [0.717, 1.165) is 52.7 Å². The molecule has 6 rings (SSSR count). The number of benzene rings is 2. The van der Waals surface area contributed by atoms with Crippen LogP contribution >= 0.6 is 0 Å². The Morgan fingerprint density at radius 2 is 1.98 bits per heavy atom. The van der Waals surface area contributed by atoms with Gasteiger partial charge in [0.15, 0.2) is 0 Å². The van der Waals surface area contributed by atoms with E-state index >= 15 is 0 Å². The second-order valence-corrected chi connectivity index (χ2v) is 11.1. The number of carbonyl (C=O) groups excluding carboxylic acids is 1. The van der Waals surface area contributed by atoms with Gasteiger partial charge in [-0.15, -0.1) is 0 Å². The van der Waals surface area contributed by atoms with Crippen LogP contribution in [0.3, 0.4) is 0 Å². The third-order valence-electron chi connectivity index (χ3n) is 7.06. The van der Waals surface area contributed by atoms with E-state index in [1.165, 1.54) is 18.9 Å². The van der Waals surface area contributed by atoms with Gasteiger partial charge in [-0.1, -0.05) is 18.2 Å². The number of methoxy groups -OCH3 is 1. The lowest BCUT2D eigenvalue weighted by Crippen LogP contribution is -2.27. The Morgan fingerprint density at radius 3 is 2.72 bits per heavy atom. The van der Waals surface area contributed by atoms with Gasteiger partial charge in [0.2, 0.25) is 11.8 Å². The highest BCUT2D eigenvalue weighted by Crippen LogP contribution is 2.40. The molecule has 1 aliphatic heterocycles. The van der Waals surface area contributed by atoms with Gasteiger partial charge in [0.05, 0.1) is 35.1 Å². The van der Waals surface area contributed by atoms with Crippen molar-refractivity contribution in [3.8, 4) is 28.1 Å². The van der Waals surface area contributed by atoms with E-state index in [2.05, 4.69) is 26.0 Å². The van der Waals surface area contributed by atoms with Crippen molar-refractivity contribution in [2.45, 2.75) is 45.8 Å². The molecule has 1 aliphatic rings. The highest BCUT2D eigenvalue weighted by molar-refractivity contribution is 6.00. The van der Waals surface area contributed by atoms with Crippen LogP contribution in [0.4, 0.5) is 26.5 Å². The first-order valence-electron chi connectivity index (χ1n) is 13.6. The molecule has 1 N–H and O–H groups in total. The second kappa shape index (κ2) is 10.5. The standard InChI is InChI=1S/C30H28FN7O5/c1-30(2,3)43-29(39)37-15-18(13-33-37)20-14-32-28(34-23-12-24(38(40)41)22(31)11-25(23)42-4)35-26(20)21-16-36-10-6-8-17-7-5-9-19(21)27(17)36/h5,7,9,11-16H,6,8,10H2,1-4H3,(H,32,34,35). The van der Waals surface area contributed by atoms with Crippen molar-refractivity contribution in [3.63, 3.8) is 0 Å². The molecule has 0 unspecified atom stereocenters. The van der Waals surface area contributed by atoms with Gasteiger partial charge < -0.3 is 19.4 Å². The molecule has 3 aromatic heterocycles. The van der Waals surface area contributed by atoms with Gasteiger partial charge in [0, 0.05) is 59.3 Å². The summed E-state index contributed by atoms with van der Waals surface area (Å²) in [5, 5.41) is 19.6. The Kier molecular flexibility index (Phi) is 6.79. The number of aromatic nitrogens is 5. The van der Waals surface area contributed by atoms with Gasteiger partial charge in [-0.3, -0.25) is 10.1 Å². The smallest absolute Gasteiger partial charge is 0.435 e. The molecule has 5 aromatic rings. The van der Waals surface area contributed by atoms with Crippen LogP contribution in [0.5, 0.6) is 5.75 Å². The predicted octanol–water partition coefficient (Wildman–Crippen LogP) is 6.49. The zero-order chi connectivity index (χ0) is 30.5. The van der Waals surface area contributed by atoms with E-state index in [1.54, 1.807) is 33.2 Å². The lowest BCUT2D eigenvalue weighted by molar-refractivity contribution is -0.387. The van der Waals surface area contributed by atoms with E-state index in [1.807, 2.05) is 18.3 Å². The lowest BCUT2D eigenvalue weighted by atomic mass is 9.99. The number of carbonyl (C=O) groups is 1. The van der Waals surface area contributed by atoms with Crippen LogP contribution in [0.15, 0.2) is 55.1 Å². The maximum absolute atomic E-state index is 14.3. The van der Waals surface area contributed by atoms with Gasteiger partial charge in [-0.05, 0) is 39.2 Å². The molecule has 0 bridgehead atoms. The van der Waals surface area contributed by atoms with Gasteiger partial charge in [-0.2, -0.15) is 14.2 Å². The molecule has 2 aromatic carbocycles. The number of anilines is 2. The van der Waals surface area contributed by atoms with E-state index < -0.39 is 28.1 Å². The van der Waals surface area contributed by atoms with Crippen LogP contribution in [0.1, 0.15) is 32.8 Å². The maximum atomic E-state index is 14.3. The number of nitrogens with zero attached hydrogens (tertiary/aromatic N) is 6. The maximum Gasteiger partial charge on any atom is 0.435 e. The van der Waals surface area contributed by atoms with Crippen LogP contribution in [-0.2, 0) is 17.7 Å². The third-order valence-corrected chi connectivity index (χ3v) is 7.06. The first-order valence-corrected chi connectivity index (χ1v) is 13.6. The molecule has 0 radical (unpaired) electrons. The number of para-hydroxylation sites is 1. The molecule has 0 saturated carbocycles. The minimum Gasteiger partial charge on any atom is -0.494 e. The number of aryl methyl sites for hydroxylation is 2. The van der Waals surface area contributed by atoms with Crippen LogP contribution in [-0.4, -0.2) is 48.0 Å². The van der Waals surface area contributed by atoms with Gasteiger partial charge in [0.1, 0.15) is 11.4 Å². The molecule has 0 atom stereocenters. The number of rotatable bonds is 6. The second-order valence-electron chi connectivity index (χ2n) is 11.1. The summed E-state index contributed by atoms with van der Waals surface area (Å²) in [6, 6.07) is 8.14. The van der Waals surface area contributed by atoms with Crippen molar-refractivity contribution < 1.29 is 23.6 Å². The summed E-state index contributed by atoms with van der Waals surface area (Å²) in [7, 11) is 1.33. The summed E-state index contributed by atoms with van der Waals surface area (Å²) in [4.78, 5) is 32.6. The van der Waals surface area contributed by atoms with Gasteiger partial charge in [0.25, 0.3) is 0 Å². The first-order chi connectivity index (χ1) is 20.5. The summed E-state index contributed by atoms with van der Waals surface area (Å²) in [5.74, 6) is -0.881. The minimum absolute atomic E-state index is 0.0445. The molecule has 0 saturated heterocycles. The SMILES string of the molecule is COc1cc(F)c([N+](=O)[O-])cc1Nc1ncc(-c2cnn(C(=O)OC(C)(C)C)c2)c(-c2cn3c4c(cccc24)CCC3)n1. The Morgan fingerprint density at radius 1 is 1.16 bits per heavy atom. The monoisotopic (exact) mass is 585 g/mol. The molecule has 0 spiro atoms. The number of halogens is 1. The zero-order valence-corrected chi connectivity index (χ0v) is 23.9. The van der Waals surface area contributed by atoms with Gasteiger partial charge >= 0.3 is 11.8 Å². The van der Waals surface area contributed by atoms with E-state index in [-0.39, 0.29) is 17.4 Å². The summed E-state index contributed by atoms with van der Waals surface area (Å²) in [5.41, 5.74) is 3.62. The Hall–Kier alpha value is -5.33. The summed E-state index contributed by atoms with van der Waals surface area (Å²) in [6.45, 7) is 6.17. The average Bonchev–Trinajstić information content (AvgIpc) is 3.60. The third kappa shape index (κ3) is 5.25. The number of nitro benzene ring substituents is 1. The topological polar surface area (TPSA) is 139 Å². The van der Waals surface area contributed by atoms with Crippen molar-refractivity contribution in [2.75, 3.05) is 12.4 Å². The highest BCUT2D eigenvalue weighted by Gasteiger charge is 2.24. The van der Waals surface area contributed by atoms with Crippen LogP contribution in [0.25, 0.3) is 33.3 Å². The lowest BCUT2D eigenvalue weighted by Gasteiger charge is -2.18. The molecule has 13 heteroatoms. The van der Waals surface area contributed by atoms with E-state index in [0.29, 0.717) is 16.8 Å². The molecular weight excluding hydrogens is 557 g/mol. The number of nitrogens with one attached hydrogen (secondary N) is 1. The fourth-order valence-corrected chi connectivity index (χ4v) is 5.24. The normalized spacial score (nSPS) is 12.8. The first kappa shape index (κ1) is 27.8. The van der Waals surface area contributed by atoms with E-state index in [9.17, 15) is 19.3 Å². The van der Waals surface area contributed by atoms with Crippen molar-refractivity contribution in [1.29, 1.82) is 0 Å². The number of ether oxygens (including phenoxy) is 2. The van der Waals surface area contributed by atoms with Crippen molar-refractivity contribution in [3.05, 3.63) is 76.6 Å². The van der Waals surface area contributed by atoms with Crippen LogP contribution < -0.4 is 10.1 Å². The molecule has 0 aliphatic carbocycles. The highest BCUT2D eigenvalue weighted by atomic mass is 19.1. The van der Waals surface area contributed by atoms with Crippen molar-refractivity contribution >= 4 is 34.3 Å². The Labute approximate surface area is 245 Å². The number of hydrogen-bond acceptors (Lipinski definition) is 9. The molecule has 4 heterocycles. The molecular formula is C30H28FN7O5. The molecule has 0 fully saturated rings. The molecule has 12 nitrogen and oxygen atoms in total. The van der Waals surface area contributed by atoms with Crippen LogP contribution in [0.2, 0.25) is 0 Å². The molecule has 43 heavy (non-hydrogen) atoms. The fraction of sp³-hybridized carbons (Fsp3) is 0.267. The number of hydrogen-bond donors (Lipinski definition) is 1. The Balaban J connectivity index is 1.49. The quantitative estimate of drug-likeness (QED) is 0.175. The van der Waals surface area contributed by atoms with Crippen molar-refractivity contribution in [2.24, 2.45) is 0 Å². The van der Waals surface area contributed by atoms with E-state index in [4.69, 9.17) is 14.5 Å².